The molecule has 114 valence electrons. The number of amides is 1. The standard InChI is InChI=1S/C16H16N2O3S/c1-2-21-12-9-7-11(8-10-12)15(20)18-16(22)17-13-5-3-4-6-14(13)19/h3-10,19H,2H2,1H3,(H2,17,18,20,22). The molecule has 1 amide bonds. The molecule has 0 unspecified atom stereocenters. The number of carbonyl (C=O) groups excluding carboxylic acids is 1. The van der Waals surface area contributed by atoms with Gasteiger partial charge in [0, 0.05) is 5.56 Å². The molecular weight excluding hydrogens is 300 g/mol. The van der Waals surface area contributed by atoms with E-state index in [1.807, 2.05) is 6.92 Å². The van der Waals surface area contributed by atoms with Crippen molar-refractivity contribution in [2.45, 2.75) is 6.92 Å². The van der Waals surface area contributed by atoms with Crippen molar-refractivity contribution in [2.24, 2.45) is 0 Å². The molecule has 0 heterocycles. The van der Waals surface area contributed by atoms with E-state index in [0.29, 0.717) is 23.6 Å². The van der Waals surface area contributed by atoms with Crippen LogP contribution < -0.4 is 15.4 Å². The molecule has 0 fully saturated rings. The molecule has 5 nitrogen and oxygen atoms in total. The Morgan fingerprint density at radius 2 is 1.86 bits per heavy atom. The summed E-state index contributed by atoms with van der Waals surface area (Å²) in [6, 6.07) is 13.4. The van der Waals surface area contributed by atoms with Crippen molar-refractivity contribution in [1.82, 2.24) is 5.32 Å². The summed E-state index contributed by atoms with van der Waals surface area (Å²) in [5.41, 5.74) is 0.893. The monoisotopic (exact) mass is 316 g/mol. The van der Waals surface area contributed by atoms with Crippen LogP contribution >= 0.6 is 12.2 Å². The second-order valence-electron chi connectivity index (χ2n) is 4.38. The lowest BCUT2D eigenvalue weighted by Crippen LogP contribution is -2.34. The van der Waals surface area contributed by atoms with Crippen LogP contribution in [0, 0.1) is 0 Å². The van der Waals surface area contributed by atoms with Gasteiger partial charge in [0.2, 0.25) is 0 Å². The van der Waals surface area contributed by atoms with E-state index in [9.17, 15) is 9.90 Å². The molecule has 22 heavy (non-hydrogen) atoms. The molecule has 0 spiro atoms. The highest BCUT2D eigenvalue weighted by Crippen LogP contribution is 2.21. The van der Waals surface area contributed by atoms with E-state index < -0.39 is 0 Å². The van der Waals surface area contributed by atoms with Crippen molar-refractivity contribution in [1.29, 1.82) is 0 Å². The number of hydrogen-bond acceptors (Lipinski definition) is 4. The van der Waals surface area contributed by atoms with Crippen LogP contribution in [0.25, 0.3) is 0 Å². The topological polar surface area (TPSA) is 70.6 Å². The van der Waals surface area contributed by atoms with Crippen molar-refractivity contribution in [2.75, 3.05) is 11.9 Å². The molecule has 0 radical (unpaired) electrons. The van der Waals surface area contributed by atoms with Gasteiger partial charge in [-0.2, -0.15) is 0 Å². The summed E-state index contributed by atoms with van der Waals surface area (Å²) in [6.07, 6.45) is 0. The Hall–Kier alpha value is -2.60. The first-order valence-electron chi connectivity index (χ1n) is 6.73. The van der Waals surface area contributed by atoms with Gasteiger partial charge in [0.25, 0.3) is 5.91 Å². The fourth-order valence-electron chi connectivity index (χ4n) is 1.78. The highest BCUT2D eigenvalue weighted by molar-refractivity contribution is 7.80. The second kappa shape index (κ2) is 7.42. The first kappa shape index (κ1) is 15.8. The third-order valence-corrected chi connectivity index (χ3v) is 3.01. The summed E-state index contributed by atoms with van der Waals surface area (Å²) in [7, 11) is 0. The quantitative estimate of drug-likeness (QED) is 0.597. The third kappa shape index (κ3) is 4.20. The number of benzene rings is 2. The molecular formula is C16H16N2O3S. The Morgan fingerprint density at radius 1 is 1.18 bits per heavy atom. The van der Waals surface area contributed by atoms with Gasteiger partial charge in [-0.25, -0.2) is 0 Å². The summed E-state index contributed by atoms with van der Waals surface area (Å²) in [5, 5.41) is 15.1. The largest absolute Gasteiger partial charge is 0.506 e. The number of nitrogens with one attached hydrogen (secondary N) is 2. The van der Waals surface area contributed by atoms with Gasteiger partial charge in [0.15, 0.2) is 5.11 Å². The SMILES string of the molecule is CCOc1ccc(C(=O)NC(=S)Nc2ccccc2O)cc1. The number of ether oxygens (including phenoxy) is 1. The first-order valence-corrected chi connectivity index (χ1v) is 7.14. The van der Waals surface area contributed by atoms with E-state index in [0.717, 1.165) is 0 Å². The number of carbonyl (C=O) groups is 1. The number of thiocarbonyl (C=S) groups is 1. The van der Waals surface area contributed by atoms with Crippen molar-refractivity contribution in [3.8, 4) is 11.5 Å². The first-order chi connectivity index (χ1) is 10.6. The lowest BCUT2D eigenvalue weighted by atomic mass is 10.2. The Labute approximate surface area is 133 Å². The number of phenols is 1. The van der Waals surface area contributed by atoms with Crippen LogP contribution in [-0.2, 0) is 0 Å². The summed E-state index contributed by atoms with van der Waals surface area (Å²) < 4.78 is 5.32. The Kier molecular flexibility index (Phi) is 5.32. The lowest BCUT2D eigenvalue weighted by Gasteiger charge is -2.11. The average molecular weight is 316 g/mol. The van der Waals surface area contributed by atoms with E-state index in [1.165, 1.54) is 6.07 Å². The number of para-hydroxylation sites is 2. The van der Waals surface area contributed by atoms with Gasteiger partial charge in [0.05, 0.1) is 12.3 Å². The van der Waals surface area contributed by atoms with E-state index in [2.05, 4.69) is 10.6 Å². The third-order valence-electron chi connectivity index (χ3n) is 2.81. The molecule has 0 aliphatic carbocycles. The highest BCUT2D eigenvalue weighted by atomic mass is 32.1. The Balaban J connectivity index is 1.96. The molecule has 2 rings (SSSR count). The maximum absolute atomic E-state index is 12.1. The van der Waals surface area contributed by atoms with E-state index >= 15 is 0 Å². The zero-order chi connectivity index (χ0) is 15.9. The van der Waals surface area contributed by atoms with Crippen LogP contribution in [0.3, 0.4) is 0 Å². The Morgan fingerprint density at radius 3 is 2.50 bits per heavy atom. The lowest BCUT2D eigenvalue weighted by molar-refractivity contribution is 0.0977. The van der Waals surface area contributed by atoms with Crippen molar-refractivity contribution in [3.63, 3.8) is 0 Å². The predicted octanol–water partition coefficient (Wildman–Crippen LogP) is 2.92. The smallest absolute Gasteiger partial charge is 0.257 e. The zero-order valence-electron chi connectivity index (χ0n) is 12.0. The molecule has 0 aliphatic rings. The van der Waals surface area contributed by atoms with Crippen LogP contribution in [0.15, 0.2) is 48.5 Å². The fourth-order valence-corrected chi connectivity index (χ4v) is 1.98. The fraction of sp³-hybridized carbons (Fsp3) is 0.125. The van der Waals surface area contributed by atoms with Crippen molar-refractivity contribution < 1.29 is 14.6 Å². The molecule has 0 aliphatic heterocycles. The van der Waals surface area contributed by atoms with Gasteiger partial charge in [-0.15, -0.1) is 0 Å². The van der Waals surface area contributed by atoms with Crippen LogP contribution in [0.2, 0.25) is 0 Å². The minimum Gasteiger partial charge on any atom is -0.506 e. The van der Waals surface area contributed by atoms with Crippen LogP contribution in [0.5, 0.6) is 11.5 Å². The van der Waals surface area contributed by atoms with E-state index in [1.54, 1.807) is 42.5 Å². The second-order valence-corrected chi connectivity index (χ2v) is 4.79. The zero-order valence-corrected chi connectivity index (χ0v) is 12.8. The molecule has 2 aromatic rings. The number of anilines is 1. The molecule has 0 atom stereocenters. The normalized spacial score (nSPS) is 9.86. The molecule has 0 saturated heterocycles. The maximum Gasteiger partial charge on any atom is 0.257 e. The van der Waals surface area contributed by atoms with E-state index in [4.69, 9.17) is 17.0 Å². The van der Waals surface area contributed by atoms with Crippen molar-refractivity contribution >= 4 is 28.9 Å². The number of aromatic hydroxyl groups is 1. The van der Waals surface area contributed by atoms with Crippen LogP contribution in [-0.4, -0.2) is 22.7 Å². The van der Waals surface area contributed by atoms with Gasteiger partial charge in [0.1, 0.15) is 11.5 Å². The minimum absolute atomic E-state index is 0.0557. The molecule has 6 heteroatoms. The molecule has 0 saturated carbocycles. The van der Waals surface area contributed by atoms with Gasteiger partial charge >= 0.3 is 0 Å². The van der Waals surface area contributed by atoms with Crippen molar-refractivity contribution in [3.05, 3.63) is 54.1 Å². The minimum atomic E-state index is -0.337. The van der Waals surface area contributed by atoms with Crippen LogP contribution in [0.4, 0.5) is 5.69 Å². The predicted molar refractivity (Wildman–Crippen MR) is 89.4 cm³/mol. The molecule has 0 bridgehead atoms. The summed E-state index contributed by atoms with van der Waals surface area (Å²) in [4.78, 5) is 12.1. The van der Waals surface area contributed by atoms with Gasteiger partial charge in [-0.05, 0) is 55.5 Å². The molecule has 2 aromatic carbocycles. The summed E-state index contributed by atoms with van der Waals surface area (Å²) >= 11 is 5.06. The number of rotatable bonds is 4. The summed E-state index contributed by atoms with van der Waals surface area (Å²) in [5.74, 6) is 0.421. The number of hydrogen-bond donors (Lipinski definition) is 3. The Bertz CT molecular complexity index is 671. The average Bonchev–Trinajstić information content (AvgIpc) is 2.50. The highest BCUT2D eigenvalue weighted by Gasteiger charge is 2.09. The van der Waals surface area contributed by atoms with Gasteiger partial charge in [-0.1, -0.05) is 12.1 Å². The van der Waals surface area contributed by atoms with Crippen LogP contribution in [0.1, 0.15) is 17.3 Å². The molecule has 0 aromatic heterocycles. The molecule has 3 N–H and O–H groups in total. The van der Waals surface area contributed by atoms with E-state index in [-0.39, 0.29) is 16.8 Å². The van der Waals surface area contributed by atoms with Gasteiger partial charge < -0.3 is 15.2 Å². The van der Waals surface area contributed by atoms with Gasteiger partial charge in [-0.3, -0.25) is 10.1 Å². The summed E-state index contributed by atoms with van der Waals surface area (Å²) in [6.45, 7) is 2.46. The number of phenolic OH excluding ortho intramolecular Hbond substituents is 1. The maximum atomic E-state index is 12.1.